The Bertz CT molecular complexity index is 847. The van der Waals surface area contributed by atoms with E-state index in [1.165, 1.54) is 5.01 Å². The van der Waals surface area contributed by atoms with Crippen LogP contribution in [0.4, 0.5) is 5.69 Å². The summed E-state index contributed by atoms with van der Waals surface area (Å²) in [4.78, 5) is 29.5. The average molecular weight is 372 g/mol. The van der Waals surface area contributed by atoms with E-state index in [0.29, 0.717) is 18.7 Å². The highest BCUT2D eigenvalue weighted by Gasteiger charge is 2.36. The Kier molecular flexibility index (Phi) is 5.32. The molecule has 8 heteroatoms. The zero-order valence-electron chi connectivity index (χ0n) is 14.6. The van der Waals surface area contributed by atoms with E-state index in [1.54, 1.807) is 35.6 Å². The first-order valence-electron chi connectivity index (χ1n) is 8.31. The SMILES string of the molecule is Cc1nc(C)c(CCNC(=O)C2=NN(c3ccccc3)C(C(=O)O)C2)s1. The van der Waals surface area contributed by atoms with Crippen LogP contribution in [0.3, 0.4) is 0 Å². The third kappa shape index (κ3) is 3.91. The number of amides is 1. The highest BCUT2D eigenvalue weighted by Crippen LogP contribution is 2.24. The fourth-order valence-corrected chi connectivity index (χ4v) is 3.79. The van der Waals surface area contributed by atoms with Gasteiger partial charge in [0.15, 0.2) is 6.04 Å². The molecule has 26 heavy (non-hydrogen) atoms. The Labute approximate surface area is 155 Å². The Hall–Kier alpha value is -2.74. The molecular weight excluding hydrogens is 352 g/mol. The number of carboxylic acid groups (broad SMARTS) is 1. The van der Waals surface area contributed by atoms with Gasteiger partial charge < -0.3 is 10.4 Å². The number of nitrogens with zero attached hydrogens (tertiary/aromatic N) is 3. The number of aromatic nitrogens is 1. The first-order chi connectivity index (χ1) is 12.5. The predicted molar refractivity (Wildman–Crippen MR) is 101 cm³/mol. The molecule has 2 N–H and O–H groups in total. The first-order valence-corrected chi connectivity index (χ1v) is 9.13. The summed E-state index contributed by atoms with van der Waals surface area (Å²) in [6.45, 7) is 4.37. The predicted octanol–water partition coefficient (Wildman–Crippen LogP) is 2.14. The molecule has 136 valence electrons. The fraction of sp³-hybridized carbons (Fsp3) is 0.333. The highest BCUT2D eigenvalue weighted by molar-refractivity contribution is 7.11. The van der Waals surface area contributed by atoms with Crippen molar-refractivity contribution in [1.29, 1.82) is 0 Å². The molecule has 1 aliphatic rings. The van der Waals surface area contributed by atoms with Crippen LogP contribution in [0.5, 0.6) is 0 Å². The minimum absolute atomic E-state index is 0.0781. The number of para-hydroxylation sites is 1. The molecule has 0 radical (unpaired) electrons. The molecule has 1 aromatic carbocycles. The second-order valence-electron chi connectivity index (χ2n) is 6.03. The summed E-state index contributed by atoms with van der Waals surface area (Å²) in [7, 11) is 0. The topological polar surface area (TPSA) is 94.9 Å². The van der Waals surface area contributed by atoms with Gasteiger partial charge in [-0.3, -0.25) is 9.80 Å². The van der Waals surface area contributed by atoms with Crippen LogP contribution in [0.15, 0.2) is 35.4 Å². The summed E-state index contributed by atoms with van der Waals surface area (Å²) >= 11 is 1.62. The number of carbonyl (C=O) groups is 2. The van der Waals surface area contributed by atoms with Gasteiger partial charge >= 0.3 is 5.97 Å². The quantitative estimate of drug-likeness (QED) is 0.810. The lowest BCUT2D eigenvalue weighted by molar-refractivity contribution is -0.138. The van der Waals surface area contributed by atoms with E-state index in [0.717, 1.165) is 15.6 Å². The lowest BCUT2D eigenvalue weighted by Gasteiger charge is -2.19. The number of rotatable bonds is 6. The Morgan fingerprint density at radius 1 is 1.31 bits per heavy atom. The summed E-state index contributed by atoms with van der Waals surface area (Å²) in [5.41, 5.74) is 1.87. The molecule has 0 saturated heterocycles. The molecule has 2 aromatic rings. The zero-order chi connectivity index (χ0) is 18.7. The maximum absolute atomic E-state index is 12.4. The molecule has 0 saturated carbocycles. The van der Waals surface area contributed by atoms with Crippen molar-refractivity contribution in [2.24, 2.45) is 5.10 Å². The number of hydrogen-bond donors (Lipinski definition) is 2. The van der Waals surface area contributed by atoms with Crippen LogP contribution in [0.25, 0.3) is 0 Å². The lowest BCUT2D eigenvalue weighted by Crippen LogP contribution is -2.35. The summed E-state index contributed by atoms with van der Waals surface area (Å²) in [6, 6.07) is 8.13. The van der Waals surface area contributed by atoms with Gasteiger partial charge in [0, 0.05) is 24.3 Å². The monoisotopic (exact) mass is 372 g/mol. The van der Waals surface area contributed by atoms with Crippen molar-refractivity contribution >= 4 is 34.6 Å². The van der Waals surface area contributed by atoms with E-state index in [4.69, 9.17) is 0 Å². The largest absolute Gasteiger partial charge is 0.480 e. The smallest absolute Gasteiger partial charge is 0.328 e. The van der Waals surface area contributed by atoms with Crippen LogP contribution in [0.2, 0.25) is 0 Å². The van der Waals surface area contributed by atoms with E-state index in [-0.39, 0.29) is 18.0 Å². The lowest BCUT2D eigenvalue weighted by atomic mass is 10.1. The Morgan fingerprint density at radius 2 is 2.04 bits per heavy atom. The van der Waals surface area contributed by atoms with Gasteiger partial charge in [-0.2, -0.15) is 5.10 Å². The zero-order valence-corrected chi connectivity index (χ0v) is 15.4. The molecule has 0 fully saturated rings. The van der Waals surface area contributed by atoms with Crippen molar-refractivity contribution < 1.29 is 14.7 Å². The molecule has 2 heterocycles. The van der Waals surface area contributed by atoms with Gasteiger partial charge in [0.1, 0.15) is 5.71 Å². The van der Waals surface area contributed by atoms with Crippen LogP contribution >= 0.6 is 11.3 Å². The maximum Gasteiger partial charge on any atom is 0.328 e. The normalized spacial score (nSPS) is 16.5. The molecule has 1 unspecified atom stereocenters. The van der Waals surface area contributed by atoms with Crippen LogP contribution in [-0.2, 0) is 16.0 Å². The fourth-order valence-electron chi connectivity index (χ4n) is 2.86. The van der Waals surface area contributed by atoms with Crippen molar-refractivity contribution in [3.63, 3.8) is 0 Å². The molecule has 1 atom stereocenters. The molecule has 0 spiro atoms. The number of carbonyl (C=O) groups excluding carboxylic acids is 1. The number of anilines is 1. The molecular formula is C18H20N4O3S. The number of aliphatic carboxylic acids is 1. The van der Waals surface area contributed by atoms with Crippen molar-refractivity contribution in [2.75, 3.05) is 11.6 Å². The van der Waals surface area contributed by atoms with E-state index in [1.807, 2.05) is 19.9 Å². The summed E-state index contributed by atoms with van der Waals surface area (Å²) in [5, 5.41) is 18.9. The van der Waals surface area contributed by atoms with Crippen LogP contribution in [0.1, 0.15) is 22.0 Å². The highest BCUT2D eigenvalue weighted by atomic mass is 32.1. The van der Waals surface area contributed by atoms with Crippen molar-refractivity contribution in [3.05, 3.63) is 45.9 Å². The molecule has 3 rings (SSSR count). The first kappa shape index (κ1) is 18.1. The molecule has 0 aliphatic carbocycles. The Balaban J connectivity index is 1.65. The number of carboxylic acids is 1. The summed E-state index contributed by atoms with van der Waals surface area (Å²) in [6.07, 6.45) is 0.774. The van der Waals surface area contributed by atoms with Crippen molar-refractivity contribution in [2.45, 2.75) is 32.7 Å². The van der Waals surface area contributed by atoms with Gasteiger partial charge in [-0.1, -0.05) is 18.2 Å². The molecule has 0 bridgehead atoms. The van der Waals surface area contributed by atoms with Gasteiger partial charge in [0.2, 0.25) is 0 Å². The van der Waals surface area contributed by atoms with Crippen LogP contribution in [-0.4, -0.2) is 40.3 Å². The minimum atomic E-state index is -1.00. The molecule has 1 aliphatic heterocycles. The summed E-state index contributed by atoms with van der Waals surface area (Å²) < 4.78 is 0. The minimum Gasteiger partial charge on any atom is -0.480 e. The van der Waals surface area contributed by atoms with Crippen LogP contribution in [0, 0.1) is 13.8 Å². The number of hydrazone groups is 1. The third-order valence-corrected chi connectivity index (χ3v) is 5.25. The molecule has 1 aromatic heterocycles. The van der Waals surface area contributed by atoms with Gasteiger partial charge in [-0.05, 0) is 26.0 Å². The van der Waals surface area contributed by atoms with Gasteiger partial charge in [-0.15, -0.1) is 11.3 Å². The van der Waals surface area contributed by atoms with E-state index in [2.05, 4.69) is 15.4 Å². The standard InChI is InChI=1S/C18H20N4O3S/c1-11-16(26-12(2)20-11)8-9-19-17(23)14-10-15(18(24)25)22(21-14)13-6-4-3-5-7-13/h3-7,15H,8-10H2,1-2H3,(H,19,23)(H,24,25). The number of benzene rings is 1. The maximum atomic E-state index is 12.4. The van der Waals surface area contributed by atoms with Gasteiger partial charge in [0.25, 0.3) is 5.91 Å². The molecule has 7 nitrogen and oxygen atoms in total. The number of thiazole rings is 1. The van der Waals surface area contributed by atoms with Crippen molar-refractivity contribution in [1.82, 2.24) is 10.3 Å². The second kappa shape index (κ2) is 7.65. The summed E-state index contributed by atoms with van der Waals surface area (Å²) in [5.74, 6) is -1.33. The number of nitrogens with one attached hydrogen (secondary N) is 1. The van der Waals surface area contributed by atoms with Gasteiger partial charge in [0.05, 0.1) is 16.4 Å². The second-order valence-corrected chi connectivity index (χ2v) is 7.32. The van der Waals surface area contributed by atoms with E-state index < -0.39 is 12.0 Å². The van der Waals surface area contributed by atoms with Gasteiger partial charge in [-0.25, -0.2) is 9.78 Å². The van der Waals surface area contributed by atoms with Crippen molar-refractivity contribution in [3.8, 4) is 0 Å². The van der Waals surface area contributed by atoms with E-state index >= 15 is 0 Å². The number of hydrogen-bond acceptors (Lipinski definition) is 6. The number of aryl methyl sites for hydroxylation is 2. The Morgan fingerprint density at radius 3 is 2.65 bits per heavy atom. The van der Waals surface area contributed by atoms with E-state index in [9.17, 15) is 14.7 Å². The molecule has 1 amide bonds. The average Bonchev–Trinajstić information content (AvgIpc) is 3.19. The third-order valence-electron chi connectivity index (χ3n) is 4.12. The van der Waals surface area contributed by atoms with Crippen LogP contribution < -0.4 is 10.3 Å².